The van der Waals surface area contributed by atoms with Crippen molar-refractivity contribution in [1.82, 2.24) is 10.2 Å². The lowest BCUT2D eigenvalue weighted by atomic mass is 10.0. The highest BCUT2D eigenvalue weighted by Gasteiger charge is 2.24. The maximum atomic E-state index is 12.4. The molecule has 3 rings (SSSR count). The summed E-state index contributed by atoms with van der Waals surface area (Å²) in [6.07, 6.45) is 6.32. The van der Waals surface area contributed by atoms with Gasteiger partial charge in [-0.1, -0.05) is 12.5 Å². The topological polar surface area (TPSA) is 63.9 Å². The Kier molecular flexibility index (Phi) is 7.37. The van der Waals surface area contributed by atoms with Gasteiger partial charge in [0.1, 0.15) is 5.76 Å². The number of rotatable bonds is 9. The molecule has 1 atom stereocenters. The minimum Gasteiger partial charge on any atom is -0.493 e. The first kappa shape index (κ1) is 20.3. The standard InChI is InChI=1S/C22H30N2O4/c1-26-20-10-8-17(15-21(20)27-2)19(24-12-4-3-5-13-24)16-23-22(25)11-9-18-7-6-14-28-18/h6-8,10,14-15,19H,3-5,9,11-13,16H2,1-2H3,(H,23,25). The van der Waals surface area contributed by atoms with Gasteiger partial charge in [0.2, 0.25) is 5.91 Å². The van der Waals surface area contributed by atoms with Gasteiger partial charge in [-0.05, 0) is 55.8 Å². The number of piperidine rings is 1. The Morgan fingerprint density at radius 3 is 2.61 bits per heavy atom. The first-order chi connectivity index (χ1) is 13.7. The summed E-state index contributed by atoms with van der Waals surface area (Å²) < 4.78 is 16.2. The van der Waals surface area contributed by atoms with Crippen LogP contribution in [0.15, 0.2) is 41.0 Å². The van der Waals surface area contributed by atoms with E-state index in [9.17, 15) is 4.79 Å². The number of methoxy groups -OCH3 is 2. The predicted molar refractivity (Wildman–Crippen MR) is 108 cm³/mol. The number of ether oxygens (including phenoxy) is 2. The van der Waals surface area contributed by atoms with E-state index in [0.29, 0.717) is 30.9 Å². The van der Waals surface area contributed by atoms with Crippen LogP contribution in [-0.4, -0.2) is 44.7 Å². The minimum absolute atomic E-state index is 0.0406. The highest BCUT2D eigenvalue weighted by atomic mass is 16.5. The summed E-state index contributed by atoms with van der Waals surface area (Å²) in [5.74, 6) is 2.30. The lowest BCUT2D eigenvalue weighted by molar-refractivity contribution is -0.121. The number of amides is 1. The fourth-order valence-electron chi connectivity index (χ4n) is 3.74. The van der Waals surface area contributed by atoms with E-state index in [1.54, 1.807) is 20.5 Å². The molecule has 1 amide bonds. The molecule has 2 aromatic rings. The molecule has 6 nitrogen and oxygen atoms in total. The van der Waals surface area contributed by atoms with Crippen LogP contribution in [0.25, 0.3) is 0 Å². The van der Waals surface area contributed by atoms with Gasteiger partial charge >= 0.3 is 0 Å². The van der Waals surface area contributed by atoms with Crippen molar-refractivity contribution >= 4 is 5.91 Å². The smallest absolute Gasteiger partial charge is 0.220 e. The summed E-state index contributed by atoms with van der Waals surface area (Å²) in [4.78, 5) is 14.8. The number of nitrogens with one attached hydrogen (secondary N) is 1. The van der Waals surface area contributed by atoms with Crippen molar-refractivity contribution in [2.24, 2.45) is 0 Å². The Morgan fingerprint density at radius 1 is 1.14 bits per heavy atom. The third kappa shape index (κ3) is 5.29. The molecular formula is C22H30N2O4. The van der Waals surface area contributed by atoms with E-state index >= 15 is 0 Å². The molecule has 1 aromatic carbocycles. The molecule has 28 heavy (non-hydrogen) atoms. The fraction of sp³-hybridized carbons (Fsp3) is 0.500. The first-order valence-corrected chi connectivity index (χ1v) is 9.96. The number of aryl methyl sites for hydroxylation is 1. The SMILES string of the molecule is COc1ccc(C(CNC(=O)CCc2ccco2)N2CCCCC2)cc1OC. The molecule has 1 saturated heterocycles. The molecule has 0 spiro atoms. The lowest BCUT2D eigenvalue weighted by Crippen LogP contribution is -2.40. The van der Waals surface area contributed by atoms with Gasteiger partial charge in [0.05, 0.1) is 26.5 Å². The molecule has 152 valence electrons. The average molecular weight is 386 g/mol. The minimum atomic E-state index is 0.0406. The van der Waals surface area contributed by atoms with Crippen molar-refractivity contribution in [3.05, 3.63) is 47.9 Å². The van der Waals surface area contributed by atoms with Crippen LogP contribution in [-0.2, 0) is 11.2 Å². The summed E-state index contributed by atoms with van der Waals surface area (Å²) >= 11 is 0. The number of carbonyl (C=O) groups is 1. The van der Waals surface area contributed by atoms with E-state index in [-0.39, 0.29) is 11.9 Å². The van der Waals surface area contributed by atoms with Crippen molar-refractivity contribution in [2.75, 3.05) is 33.9 Å². The fourth-order valence-corrected chi connectivity index (χ4v) is 3.74. The van der Waals surface area contributed by atoms with Gasteiger partial charge in [0.25, 0.3) is 0 Å². The number of hydrogen-bond acceptors (Lipinski definition) is 5. The summed E-state index contributed by atoms with van der Waals surface area (Å²) in [5, 5.41) is 3.11. The van der Waals surface area contributed by atoms with Gasteiger partial charge < -0.3 is 19.2 Å². The molecule has 6 heteroatoms. The molecule has 1 unspecified atom stereocenters. The van der Waals surface area contributed by atoms with Crippen LogP contribution in [0.4, 0.5) is 0 Å². The third-order valence-electron chi connectivity index (χ3n) is 5.29. The second kappa shape index (κ2) is 10.2. The van der Waals surface area contributed by atoms with Crippen molar-refractivity contribution in [2.45, 2.75) is 38.1 Å². The van der Waals surface area contributed by atoms with Crippen molar-refractivity contribution < 1.29 is 18.7 Å². The monoisotopic (exact) mass is 386 g/mol. The summed E-state index contributed by atoms with van der Waals surface area (Å²) in [6.45, 7) is 2.66. The zero-order chi connectivity index (χ0) is 19.8. The molecule has 1 fully saturated rings. The Bertz CT molecular complexity index is 739. The number of hydrogen-bond donors (Lipinski definition) is 1. The molecule has 0 bridgehead atoms. The molecule has 0 radical (unpaired) electrons. The van der Waals surface area contributed by atoms with E-state index in [0.717, 1.165) is 24.4 Å². The van der Waals surface area contributed by atoms with E-state index in [2.05, 4.69) is 16.3 Å². The molecule has 1 aromatic heterocycles. The van der Waals surface area contributed by atoms with Gasteiger partial charge in [-0.25, -0.2) is 0 Å². The zero-order valence-electron chi connectivity index (χ0n) is 16.8. The van der Waals surface area contributed by atoms with Gasteiger partial charge in [0.15, 0.2) is 11.5 Å². The highest BCUT2D eigenvalue weighted by Crippen LogP contribution is 2.32. The van der Waals surface area contributed by atoms with Crippen LogP contribution in [0.5, 0.6) is 11.5 Å². The summed E-state index contributed by atoms with van der Waals surface area (Å²) in [7, 11) is 3.28. The van der Waals surface area contributed by atoms with Gasteiger partial charge in [-0.15, -0.1) is 0 Å². The number of likely N-dealkylation sites (tertiary alicyclic amines) is 1. The van der Waals surface area contributed by atoms with Crippen LogP contribution < -0.4 is 14.8 Å². The predicted octanol–water partition coefficient (Wildman–Crippen LogP) is 3.57. The molecule has 1 aliphatic rings. The van der Waals surface area contributed by atoms with Crippen LogP contribution >= 0.6 is 0 Å². The molecule has 0 aliphatic carbocycles. The molecule has 1 aliphatic heterocycles. The Balaban J connectivity index is 1.67. The van der Waals surface area contributed by atoms with Gasteiger partial charge in [-0.3, -0.25) is 9.69 Å². The summed E-state index contributed by atoms with van der Waals surface area (Å²) in [5.41, 5.74) is 1.13. The van der Waals surface area contributed by atoms with Crippen molar-refractivity contribution in [3.8, 4) is 11.5 Å². The number of benzene rings is 1. The number of carbonyl (C=O) groups excluding carboxylic acids is 1. The van der Waals surface area contributed by atoms with Gasteiger partial charge in [-0.2, -0.15) is 0 Å². The molecule has 0 saturated carbocycles. The van der Waals surface area contributed by atoms with E-state index in [1.165, 1.54) is 19.3 Å². The van der Waals surface area contributed by atoms with Crippen LogP contribution in [0.1, 0.15) is 43.0 Å². The Labute approximate surface area is 166 Å². The number of nitrogens with zero attached hydrogens (tertiary/aromatic N) is 1. The van der Waals surface area contributed by atoms with Crippen molar-refractivity contribution in [1.29, 1.82) is 0 Å². The van der Waals surface area contributed by atoms with E-state index in [4.69, 9.17) is 13.9 Å². The molecule has 1 N–H and O–H groups in total. The second-order valence-corrected chi connectivity index (χ2v) is 7.11. The van der Waals surface area contributed by atoms with Crippen molar-refractivity contribution in [3.63, 3.8) is 0 Å². The van der Waals surface area contributed by atoms with Crippen LogP contribution in [0.2, 0.25) is 0 Å². The Hall–Kier alpha value is -2.47. The average Bonchev–Trinajstić information content (AvgIpc) is 3.26. The van der Waals surface area contributed by atoms with Crippen LogP contribution in [0.3, 0.4) is 0 Å². The maximum absolute atomic E-state index is 12.4. The third-order valence-corrected chi connectivity index (χ3v) is 5.29. The normalized spacial score (nSPS) is 15.8. The van der Waals surface area contributed by atoms with Gasteiger partial charge in [0, 0.05) is 19.4 Å². The summed E-state index contributed by atoms with van der Waals surface area (Å²) in [6, 6.07) is 9.88. The second-order valence-electron chi connectivity index (χ2n) is 7.11. The quantitative estimate of drug-likeness (QED) is 0.714. The Morgan fingerprint density at radius 2 is 1.93 bits per heavy atom. The van der Waals surface area contributed by atoms with Crippen LogP contribution in [0, 0.1) is 0 Å². The largest absolute Gasteiger partial charge is 0.493 e. The zero-order valence-corrected chi connectivity index (χ0v) is 16.8. The highest BCUT2D eigenvalue weighted by molar-refractivity contribution is 5.76. The van der Waals surface area contributed by atoms with E-state index in [1.807, 2.05) is 24.3 Å². The maximum Gasteiger partial charge on any atom is 0.220 e. The number of furan rings is 1. The lowest BCUT2D eigenvalue weighted by Gasteiger charge is -2.35. The first-order valence-electron chi connectivity index (χ1n) is 9.96. The van der Waals surface area contributed by atoms with E-state index < -0.39 is 0 Å². The molecule has 2 heterocycles. The molecular weight excluding hydrogens is 356 g/mol.